The topological polar surface area (TPSA) is 64.1 Å². The minimum atomic E-state index is -0.404. The van der Waals surface area contributed by atoms with Crippen molar-refractivity contribution in [3.05, 3.63) is 30.6 Å². The number of hydrogen-bond acceptors (Lipinski definition) is 5. The summed E-state index contributed by atoms with van der Waals surface area (Å²) in [6.45, 7) is 4.13. The molecule has 0 aliphatic rings. The van der Waals surface area contributed by atoms with Crippen LogP contribution in [0.25, 0.3) is 10.9 Å². The summed E-state index contributed by atoms with van der Waals surface area (Å²) in [6, 6.07) is 7.29. The molecule has 2 aromatic rings. The number of nitrogens with zero attached hydrogens (tertiary/aromatic N) is 2. The second-order valence-electron chi connectivity index (χ2n) is 5.09. The molecule has 1 heterocycles. The van der Waals surface area contributed by atoms with E-state index in [2.05, 4.69) is 29.1 Å². The van der Waals surface area contributed by atoms with E-state index in [0.717, 1.165) is 10.9 Å². The molecule has 2 rings (SSSR count). The molecule has 0 saturated heterocycles. The number of para-hydroxylation sites is 1. The SMILES string of the molecule is COC(=O)C(CC(C)C)Nc1ncnc2ccccc12. The molecule has 1 atom stereocenters. The number of carbonyl (C=O) groups excluding carboxylic acids is 1. The van der Waals surface area contributed by atoms with Crippen molar-refractivity contribution >= 4 is 22.7 Å². The molecule has 0 saturated carbocycles. The highest BCUT2D eigenvalue weighted by molar-refractivity contribution is 5.90. The molecule has 0 spiro atoms. The van der Waals surface area contributed by atoms with Crippen molar-refractivity contribution in [2.45, 2.75) is 26.3 Å². The third-order valence-corrected chi connectivity index (χ3v) is 3.05. The summed E-state index contributed by atoms with van der Waals surface area (Å²) in [5, 5.41) is 4.07. The molecule has 1 unspecified atom stereocenters. The van der Waals surface area contributed by atoms with Gasteiger partial charge in [0.25, 0.3) is 0 Å². The number of hydrogen-bond donors (Lipinski definition) is 1. The number of anilines is 1. The van der Waals surface area contributed by atoms with Gasteiger partial charge in [-0.25, -0.2) is 14.8 Å². The predicted octanol–water partition coefficient (Wildman–Crippen LogP) is 2.63. The van der Waals surface area contributed by atoms with E-state index in [-0.39, 0.29) is 5.97 Å². The van der Waals surface area contributed by atoms with Gasteiger partial charge in [-0.1, -0.05) is 26.0 Å². The maximum atomic E-state index is 11.9. The van der Waals surface area contributed by atoms with E-state index in [0.29, 0.717) is 18.2 Å². The molecule has 5 heteroatoms. The van der Waals surface area contributed by atoms with Crippen molar-refractivity contribution in [1.82, 2.24) is 9.97 Å². The predicted molar refractivity (Wildman–Crippen MR) is 78.4 cm³/mol. The maximum absolute atomic E-state index is 11.9. The van der Waals surface area contributed by atoms with Crippen LogP contribution in [0.4, 0.5) is 5.82 Å². The van der Waals surface area contributed by atoms with Crippen molar-refractivity contribution in [3.63, 3.8) is 0 Å². The molecular weight excluding hydrogens is 254 g/mol. The number of aromatic nitrogens is 2. The van der Waals surface area contributed by atoms with Gasteiger partial charge in [0.05, 0.1) is 12.6 Å². The van der Waals surface area contributed by atoms with Crippen molar-refractivity contribution in [2.24, 2.45) is 5.92 Å². The zero-order valence-corrected chi connectivity index (χ0v) is 12.0. The molecule has 0 amide bonds. The smallest absolute Gasteiger partial charge is 0.328 e. The minimum Gasteiger partial charge on any atom is -0.467 e. The lowest BCUT2D eigenvalue weighted by atomic mass is 10.0. The van der Waals surface area contributed by atoms with E-state index in [1.54, 1.807) is 0 Å². The van der Waals surface area contributed by atoms with Crippen LogP contribution in [0.3, 0.4) is 0 Å². The number of carbonyl (C=O) groups is 1. The molecule has 1 N–H and O–H groups in total. The fraction of sp³-hybridized carbons (Fsp3) is 0.400. The Labute approximate surface area is 118 Å². The van der Waals surface area contributed by atoms with Crippen LogP contribution in [-0.2, 0) is 9.53 Å². The summed E-state index contributed by atoms with van der Waals surface area (Å²) in [5.74, 6) is 0.757. The Bertz CT molecular complexity index is 593. The molecule has 20 heavy (non-hydrogen) atoms. The first-order chi connectivity index (χ1) is 9.61. The summed E-state index contributed by atoms with van der Waals surface area (Å²) in [4.78, 5) is 20.3. The van der Waals surface area contributed by atoms with Gasteiger partial charge in [0.15, 0.2) is 0 Å². The van der Waals surface area contributed by atoms with Crippen LogP contribution in [-0.4, -0.2) is 29.1 Å². The lowest BCUT2D eigenvalue weighted by molar-refractivity contribution is -0.141. The highest BCUT2D eigenvalue weighted by Gasteiger charge is 2.21. The van der Waals surface area contributed by atoms with Gasteiger partial charge in [0.1, 0.15) is 18.2 Å². The zero-order chi connectivity index (χ0) is 14.5. The number of methoxy groups -OCH3 is 1. The number of fused-ring (bicyclic) bond motifs is 1. The Hall–Kier alpha value is -2.17. The van der Waals surface area contributed by atoms with Gasteiger partial charge in [-0.3, -0.25) is 0 Å². The molecule has 0 bridgehead atoms. The highest BCUT2D eigenvalue weighted by Crippen LogP contribution is 2.20. The van der Waals surface area contributed by atoms with Gasteiger partial charge < -0.3 is 10.1 Å². The first kappa shape index (κ1) is 14.2. The molecular formula is C15H19N3O2. The van der Waals surface area contributed by atoms with Crippen LogP contribution in [0.5, 0.6) is 0 Å². The third kappa shape index (κ3) is 3.23. The monoisotopic (exact) mass is 273 g/mol. The normalized spacial score (nSPS) is 12.4. The molecule has 0 aliphatic heterocycles. The Morgan fingerprint density at radius 1 is 1.30 bits per heavy atom. The van der Waals surface area contributed by atoms with Crippen LogP contribution in [0.1, 0.15) is 20.3 Å². The second-order valence-corrected chi connectivity index (χ2v) is 5.09. The fourth-order valence-electron chi connectivity index (χ4n) is 2.11. The average Bonchev–Trinajstić information content (AvgIpc) is 2.45. The van der Waals surface area contributed by atoms with Crippen LogP contribution in [0, 0.1) is 5.92 Å². The van der Waals surface area contributed by atoms with E-state index in [1.807, 2.05) is 24.3 Å². The molecule has 106 valence electrons. The number of benzene rings is 1. The highest BCUT2D eigenvalue weighted by atomic mass is 16.5. The van der Waals surface area contributed by atoms with Gasteiger partial charge in [0.2, 0.25) is 0 Å². The quantitative estimate of drug-likeness (QED) is 0.848. The van der Waals surface area contributed by atoms with Crippen molar-refractivity contribution < 1.29 is 9.53 Å². The van der Waals surface area contributed by atoms with Crippen LogP contribution in [0.15, 0.2) is 30.6 Å². The van der Waals surface area contributed by atoms with E-state index >= 15 is 0 Å². The Balaban J connectivity index is 2.30. The summed E-state index contributed by atoms with van der Waals surface area (Å²) < 4.78 is 4.85. The first-order valence-electron chi connectivity index (χ1n) is 6.66. The lowest BCUT2D eigenvalue weighted by Gasteiger charge is -2.19. The Morgan fingerprint density at radius 2 is 2.05 bits per heavy atom. The molecule has 0 aliphatic carbocycles. The van der Waals surface area contributed by atoms with E-state index < -0.39 is 6.04 Å². The van der Waals surface area contributed by atoms with Crippen molar-refractivity contribution in [1.29, 1.82) is 0 Å². The van der Waals surface area contributed by atoms with E-state index in [1.165, 1.54) is 13.4 Å². The number of nitrogens with one attached hydrogen (secondary N) is 1. The average molecular weight is 273 g/mol. The van der Waals surface area contributed by atoms with Crippen molar-refractivity contribution in [2.75, 3.05) is 12.4 Å². The Morgan fingerprint density at radius 3 is 2.75 bits per heavy atom. The molecule has 1 aromatic heterocycles. The molecule has 0 fully saturated rings. The van der Waals surface area contributed by atoms with Gasteiger partial charge in [-0.15, -0.1) is 0 Å². The fourth-order valence-corrected chi connectivity index (χ4v) is 2.11. The first-order valence-corrected chi connectivity index (χ1v) is 6.66. The largest absolute Gasteiger partial charge is 0.467 e. The van der Waals surface area contributed by atoms with Gasteiger partial charge in [-0.2, -0.15) is 0 Å². The standard InChI is InChI=1S/C15H19N3O2/c1-10(2)8-13(15(19)20-3)18-14-11-6-4-5-7-12(11)16-9-17-14/h4-7,9-10,13H,8H2,1-3H3,(H,16,17,18). The van der Waals surface area contributed by atoms with Gasteiger partial charge in [0, 0.05) is 5.39 Å². The van der Waals surface area contributed by atoms with Crippen molar-refractivity contribution in [3.8, 4) is 0 Å². The van der Waals surface area contributed by atoms with Gasteiger partial charge in [-0.05, 0) is 24.5 Å². The van der Waals surface area contributed by atoms with Gasteiger partial charge >= 0.3 is 5.97 Å². The molecule has 0 radical (unpaired) electrons. The van der Waals surface area contributed by atoms with E-state index in [9.17, 15) is 4.79 Å². The zero-order valence-electron chi connectivity index (χ0n) is 12.0. The van der Waals surface area contributed by atoms with E-state index in [4.69, 9.17) is 4.74 Å². The summed E-state index contributed by atoms with van der Waals surface area (Å²) >= 11 is 0. The Kier molecular flexibility index (Phi) is 4.50. The third-order valence-electron chi connectivity index (χ3n) is 3.05. The minimum absolute atomic E-state index is 0.276. The summed E-state index contributed by atoms with van der Waals surface area (Å²) in [7, 11) is 1.40. The molecule has 1 aromatic carbocycles. The van der Waals surface area contributed by atoms with Crippen LogP contribution >= 0.6 is 0 Å². The second kappa shape index (κ2) is 6.32. The number of ether oxygens (including phenoxy) is 1. The number of rotatable bonds is 5. The van der Waals surface area contributed by atoms with Crippen LogP contribution in [0.2, 0.25) is 0 Å². The van der Waals surface area contributed by atoms with Crippen LogP contribution < -0.4 is 5.32 Å². The molecule has 5 nitrogen and oxygen atoms in total. The summed E-state index contributed by atoms with van der Waals surface area (Å²) in [5.41, 5.74) is 0.846. The summed E-state index contributed by atoms with van der Waals surface area (Å²) in [6.07, 6.45) is 2.18. The number of esters is 1. The maximum Gasteiger partial charge on any atom is 0.328 e. The lowest BCUT2D eigenvalue weighted by Crippen LogP contribution is -2.32.